The number of anilines is 1. The topological polar surface area (TPSA) is 40.6 Å². The molecular weight excluding hydrogens is 288 g/mol. The number of hydrogen-bond acceptors (Lipinski definition) is 5. The summed E-state index contributed by atoms with van der Waals surface area (Å²) in [5.41, 5.74) is 0. The van der Waals surface area contributed by atoms with E-state index in [4.69, 9.17) is 4.74 Å². The van der Waals surface area contributed by atoms with E-state index in [9.17, 15) is 0 Å². The quantitative estimate of drug-likeness (QED) is 0.933. The van der Waals surface area contributed by atoms with Crippen molar-refractivity contribution in [2.24, 2.45) is 0 Å². The molecule has 2 aliphatic heterocycles. The predicted molar refractivity (Wildman–Crippen MR) is 92.8 cm³/mol. The van der Waals surface area contributed by atoms with E-state index in [0.29, 0.717) is 12.1 Å². The second kappa shape index (κ2) is 6.43. The molecule has 122 valence electrons. The molecule has 2 aliphatic rings. The Morgan fingerprint density at radius 2 is 1.91 bits per heavy atom. The van der Waals surface area contributed by atoms with Gasteiger partial charge in [0.05, 0.1) is 25.3 Å². The first-order valence-corrected chi connectivity index (χ1v) is 8.42. The normalized spacial score (nSPS) is 26.7. The molecule has 2 fully saturated rings. The molecule has 2 aromatic rings. The van der Waals surface area contributed by atoms with Crippen LogP contribution in [0, 0.1) is 0 Å². The molecule has 23 heavy (non-hydrogen) atoms. The molecule has 1 aromatic heterocycles. The zero-order chi connectivity index (χ0) is 15.6. The molecule has 1 aromatic carbocycles. The van der Waals surface area contributed by atoms with Crippen LogP contribution in [0.15, 0.2) is 36.5 Å². The van der Waals surface area contributed by atoms with Crippen molar-refractivity contribution in [2.75, 3.05) is 51.8 Å². The highest BCUT2D eigenvalue weighted by Gasteiger charge is 2.34. The van der Waals surface area contributed by atoms with Crippen LogP contribution in [0.25, 0.3) is 10.8 Å². The average Bonchev–Trinajstić information content (AvgIpc) is 3.04. The molecule has 1 N–H and O–H groups in total. The number of hydrogen-bond donors (Lipinski definition) is 1. The summed E-state index contributed by atoms with van der Waals surface area (Å²) in [6.45, 7) is 6.07. The summed E-state index contributed by atoms with van der Waals surface area (Å²) in [6.07, 6.45) is 1.88. The first kappa shape index (κ1) is 14.9. The van der Waals surface area contributed by atoms with Gasteiger partial charge >= 0.3 is 0 Å². The second-order valence-electron chi connectivity index (χ2n) is 6.58. The maximum absolute atomic E-state index is 5.79. The van der Waals surface area contributed by atoms with Crippen molar-refractivity contribution in [2.45, 2.75) is 12.1 Å². The van der Waals surface area contributed by atoms with Gasteiger partial charge in [0.15, 0.2) is 0 Å². The number of likely N-dealkylation sites (N-methyl/N-ethyl adjacent to an activating group) is 1. The fourth-order valence-corrected chi connectivity index (χ4v) is 3.60. The molecule has 2 saturated heterocycles. The summed E-state index contributed by atoms with van der Waals surface area (Å²) in [4.78, 5) is 9.52. The number of aromatic nitrogens is 1. The number of benzene rings is 1. The molecule has 3 heterocycles. The Bertz CT molecular complexity index is 664. The van der Waals surface area contributed by atoms with Crippen molar-refractivity contribution in [3.05, 3.63) is 36.5 Å². The minimum atomic E-state index is 0.303. The van der Waals surface area contributed by atoms with Crippen LogP contribution < -0.4 is 5.32 Å². The van der Waals surface area contributed by atoms with Crippen LogP contribution in [0.4, 0.5) is 5.82 Å². The zero-order valence-corrected chi connectivity index (χ0v) is 13.6. The Balaban J connectivity index is 1.53. The van der Waals surface area contributed by atoms with E-state index in [1.165, 1.54) is 10.8 Å². The summed E-state index contributed by atoms with van der Waals surface area (Å²) in [7, 11) is 2.19. The second-order valence-corrected chi connectivity index (χ2v) is 6.58. The molecule has 0 aliphatic carbocycles. The van der Waals surface area contributed by atoms with Gasteiger partial charge in [-0.2, -0.15) is 0 Å². The standard InChI is InChI=1S/C18H24N4O/c1-21-8-10-22(11-9-21)17-13-23-12-16(17)20-18-15-5-3-2-4-14(15)6-7-19-18/h2-7,16-17H,8-13H2,1H3,(H,19,20). The minimum absolute atomic E-state index is 0.303. The number of nitrogens with zero attached hydrogens (tertiary/aromatic N) is 3. The van der Waals surface area contributed by atoms with Gasteiger partial charge in [-0.25, -0.2) is 4.98 Å². The van der Waals surface area contributed by atoms with Gasteiger partial charge in [-0.3, -0.25) is 4.90 Å². The lowest BCUT2D eigenvalue weighted by atomic mass is 10.1. The maximum atomic E-state index is 5.79. The van der Waals surface area contributed by atoms with E-state index in [1.54, 1.807) is 0 Å². The van der Waals surface area contributed by atoms with Crippen LogP contribution in [0.2, 0.25) is 0 Å². The van der Waals surface area contributed by atoms with Gasteiger partial charge in [-0.1, -0.05) is 24.3 Å². The van der Waals surface area contributed by atoms with Crippen molar-refractivity contribution in [3.8, 4) is 0 Å². The van der Waals surface area contributed by atoms with Crippen LogP contribution >= 0.6 is 0 Å². The first-order chi connectivity index (χ1) is 11.3. The third-order valence-electron chi connectivity index (χ3n) is 5.05. The van der Waals surface area contributed by atoms with Crippen molar-refractivity contribution in [3.63, 3.8) is 0 Å². The summed E-state index contributed by atoms with van der Waals surface area (Å²) in [5.74, 6) is 0.970. The fraction of sp³-hybridized carbons (Fsp3) is 0.500. The van der Waals surface area contributed by atoms with Crippen LogP contribution in [0.1, 0.15) is 0 Å². The van der Waals surface area contributed by atoms with E-state index >= 15 is 0 Å². The summed E-state index contributed by atoms with van der Waals surface area (Å²) >= 11 is 0. The fourth-order valence-electron chi connectivity index (χ4n) is 3.60. The lowest BCUT2D eigenvalue weighted by molar-refractivity contribution is 0.0949. The Labute approximate surface area is 137 Å². The largest absolute Gasteiger partial charge is 0.378 e. The number of nitrogens with one attached hydrogen (secondary N) is 1. The zero-order valence-electron chi connectivity index (χ0n) is 13.6. The molecule has 0 saturated carbocycles. The number of piperazine rings is 1. The van der Waals surface area contributed by atoms with Gasteiger partial charge in [-0.15, -0.1) is 0 Å². The Morgan fingerprint density at radius 1 is 1.09 bits per heavy atom. The maximum Gasteiger partial charge on any atom is 0.134 e. The van der Waals surface area contributed by atoms with Gasteiger partial charge < -0.3 is 15.0 Å². The van der Waals surface area contributed by atoms with Gasteiger partial charge in [0.25, 0.3) is 0 Å². The Kier molecular flexibility index (Phi) is 4.16. The SMILES string of the molecule is CN1CCN(C2COCC2Nc2nccc3ccccc23)CC1. The van der Waals surface area contributed by atoms with Gasteiger partial charge in [0, 0.05) is 37.8 Å². The number of pyridine rings is 1. The van der Waals surface area contributed by atoms with Crippen LogP contribution in [0.5, 0.6) is 0 Å². The van der Waals surface area contributed by atoms with E-state index < -0.39 is 0 Å². The highest BCUT2D eigenvalue weighted by molar-refractivity contribution is 5.91. The molecular formula is C18H24N4O. The lowest BCUT2D eigenvalue weighted by Crippen LogP contribution is -2.54. The van der Waals surface area contributed by atoms with Crippen molar-refractivity contribution in [1.82, 2.24) is 14.8 Å². The van der Waals surface area contributed by atoms with Crippen molar-refractivity contribution < 1.29 is 4.74 Å². The Hall–Kier alpha value is -1.69. The van der Waals surface area contributed by atoms with E-state index in [0.717, 1.165) is 45.2 Å². The summed E-state index contributed by atoms with van der Waals surface area (Å²) in [5, 5.41) is 6.05. The summed E-state index contributed by atoms with van der Waals surface area (Å²) in [6, 6.07) is 11.2. The number of fused-ring (bicyclic) bond motifs is 1. The van der Waals surface area contributed by atoms with Crippen LogP contribution in [0.3, 0.4) is 0 Å². The van der Waals surface area contributed by atoms with Gasteiger partial charge in [-0.05, 0) is 18.5 Å². The molecule has 5 nitrogen and oxygen atoms in total. The number of rotatable bonds is 3. The molecule has 2 atom stereocenters. The molecule has 0 spiro atoms. The third-order valence-corrected chi connectivity index (χ3v) is 5.05. The van der Waals surface area contributed by atoms with Crippen molar-refractivity contribution >= 4 is 16.6 Å². The van der Waals surface area contributed by atoms with Crippen LogP contribution in [-0.4, -0.2) is 73.3 Å². The third kappa shape index (κ3) is 3.04. The number of ether oxygens (including phenoxy) is 1. The minimum Gasteiger partial charge on any atom is -0.378 e. The highest BCUT2D eigenvalue weighted by atomic mass is 16.5. The molecule has 5 heteroatoms. The molecule has 0 amide bonds. The predicted octanol–water partition coefficient (Wildman–Crippen LogP) is 1.66. The molecule has 2 unspecified atom stereocenters. The van der Waals surface area contributed by atoms with Gasteiger partial charge in [0.1, 0.15) is 5.82 Å². The molecule has 0 radical (unpaired) electrons. The van der Waals surface area contributed by atoms with E-state index in [1.807, 2.05) is 6.20 Å². The van der Waals surface area contributed by atoms with E-state index in [-0.39, 0.29) is 0 Å². The highest BCUT2D eigenvalue weighted by Crippen LogP contribution is 2.24. The Morgan fingerprint density at radius 3 is 2.78 bits per heavy atom. The molecule has 4 rings (SSSR count). The van der Waals surface area contributed by atoms with E-state index in [2.05, 4.69) is 57.5 Å². The van der Waals surface area contributed by atoms with Crippen molar-refractivity contribution in [1.29, 1.82) is 0 Å². The molecule has 0 bridgehead atoms. The van der Waals surface area contributed by atoms with Crippen LogP contribution in [-0.2, 0) is 4.74 Å². The smallest absolute Gasteiger partial charge is 0.134 e. The van der Waals surface area contributed by atoms with Gasteiger partial charge in [0.2, 0.25) is 0 Å². The first-order valence-electron chi connectivity index (χ1n) is 8.42. The summed E-state index contributed by atoms with van der Waals surface area (Å²) < 4.78 is 5.79. The average molecular weight is 312 g/mol. The lowest BCUT2D eigenvalue weighted by Gasteiger charge is -2.38. The monoisotopic (exact) mass is 312 g/mol.